The van der Waals surface area contributed by atoms with Gasteiger partial charge in [-0.05, 0) is 49.8 Å². The summed E-state index contributed by atoms with van der Waals surface area (Å²) in [5.74, 6) is -0.180. The molecule has 0 aliphatic rings. The lowest BCUT2D eigenvalue weighted by Gasteiger charge is -2.08. The van der Waals surface area contributed by atoms with Crippen molar-refractivity contribution in [3.63, 3.8) is 0 Å². The van der Waals surface area contributed by atoms with E-state index in [0.717, 1.165) is 0 Å². The molecular weight excluding hydrogens is 382 g/mol. The lowest BCUT2D eigenvalue weighted by Crippen LogP contribution is -2.39. The van der Waals surface area contributed by atoms with Crippen LogP contribution < -0.4 is 15.4 Å². The molecule has 2 amide bonds. The van der Waals surface area contributed by atoms with Gasteiger partial charge in [-0.15, -0.1) is 0 Å². The Bertz CT molecular complexity index is 917. The Labute approximate surface area is 164 Å². The summed E-state index contributed by atoms with van der Waals surface area (Å²) >= 11 is 0. The van der Waals surface area contributed by atoms with Crippen LogP contribution in [-0.2, 0) is 26.2 Å². The van der Waals surface area contributed by atoms with Crippen molar-refractivity contribution in [3.05, 3.63) is 60.1 Å². The standard InChI is InChI=1S/C19H23N3O5S/c1-14(2)22-19(24)13-20-18(23)10-7-15-5-8-17(9-6-15)28(25,26)21-12-16-4-3-11-27-16/h3-11,14,21H,12-13H2,1-2H3,(H,20,23)(H,22,24)/b10-7+. The Morgan fingerprint density at radius 3 is 2.46 bits per heavy atom. The number of hydrogen-bond acceptors (Lipinski definition) is 5. The molecule has 9 heteroatoms. The van der Waals surface area contributed by atoms with E-state index in [1.807, 2.05) is 13.8 Å². The van der Waals surface area contributed by atoms with Gasteiger partial charge in [-0.2, -0.15) is 0 Å². The van der Waals surface area contributed by atoms with Crippen molar-refractivity contribution < 1.29 is 22.4 Å². The number of amides is 2. The third-order valence-electron chi connectivity index (χ3n) is 3.51. The lowest BCUT2D eigenvalue weighted by molar-refractivity contribution is -0.124. The van der Waals surface area contributed by atoms with Crippen LogP contribution in [0.25, 0.3) is 6.08 Å². The maximum Gasteiger partial charge on any atom is 0.244 e. The highest BCUT2D eigenvalue weighted by Gasteiger charge is 2.14. The minimum Gasteiger partial charge on any atom is -0.468 e. The second-order valence-electron chi connectivity index (χ2n) is 6.25. The molecule has 28 heavy (non-hydrogen) atoms. The van der Waals surface area contributed by atoms with Crippen molar-refractivity contribution >= 4 is 27.9 Å². The molecule has 0 atom stereocenters. The highest BCUT2D eigenvalue weighted by atomic mass is 32.2. The van der Waals surface area contributed by atoms with Crippen LogP contribution in [0.4, 0.5) is 0 Å². The van der Waals surface area contributed by atoms with Gasteiger partial charge in [-0.1, -0.05) is 12.1 Å². The Morgan fingerprint density at radius 2 is 1.86 bits per heavy atom. The SMILES string of the molecule is CC(C)NC(=O)CNC(=O)/C=C/c1ccc(S(=O)(=O)NCc2ccco2)cc1. The van der Waals surface area contributed by atoms with E-state index in [-0.39, 0.29) is 29.9 Å². The molecule has 0 saturated heterocycles. The first-order valence-corrected chi connectivity index (χ1v) is 10.1. The van der Waals surface area contributed by atoms with Crippen LogP contribution in [0.1, 0.15) is 25.2 Å². The zero-order valence-electron chi connectivity index (χ0n) is 15.6. The van der Waals surface area contributed by atoms with Gasteiger partial charge >= 0.3 is 0 Å². The Balaban J connectivity index is 1.88. The molecule has 1 aromatic carbocycles. The molecule has 0 aliphatic carbocycles. The van der Waals surface area contributed by atoms with Gasteiger partial charge in [0.25, 0.3) is 0 Å². The highest BCUT2D eigenvalue weighted by molar-refractivity contribution is 7.89. The van der Waals surface area contributed by atoms with Crippen molar-refractivity contribution in [2.75, 3.05) is 6.54 Å². The number of sulfonamides is 1. The van der Waals surface area contributed by atoms with Crippen LogP contribution in [0.2, 0.25) is 0 Å². The second kappa shape index (κ2) is 9.86. The minimum absolute atomic E-state index is 0.00306. The maximum atomic E-state index is 12.3. The van der Waals surface area contributed by atoms with Gasteiger partial charge in [0.1, 0.15) is 5.76 Å². The summed E-state index contributed by atoms with van der Waals surface area (Å²) in [6, 6.07) is 9.40. The largest absolute Gasteiger partial charge is 0.468 e. The summed E-state index contributed by atoms with van der Waals surface area (Å²) in [5.41, 5.74) is 0.645. The Morgan fingerprint density at radius 1 is 1.14 bits per heavy atom. The minimum atomic E-state index is -3.67. The van der Waals surface area contributed by atoms with Crippen LogP contribution in [0, 0.1) is 0 Å². The number of carbonyl (C=O) groups excluding carboxylic acids is 2. The number of rotatable bonds is 9. The van der Waals surface area contributed by atoms with Crippen LogP contribution >= 0.6 is 0 Å². The molecule has 150 valence electrons. The average Bonchev–Trinajstić information content (AvgIpc) is 3.17. The monoisotopic (exact) mass is 405 g/mol. The molecule has 1 heterocycles. The van der Waals surface area contributed by atoms with Crippen LogP contribution in [0.15, 0.2) is 58.1 Å². The van der Waals surface area contributed by atoms with E-state index in [2.05, 4.69) is 15.4 Å². The molecule has 0 bridgehead atoms. The first-order valence-electron chi connectivity index (χ1n) is 8.63. The summed E-state index contributed by atoms with van der Waals surface area (Å²) in [5, 5.41) is 5.14. The van der Waals surface area contributed by atoms with Gasteiger partial charge in [-0.25, -0.2) is 13.1 Å². The van der Waals surface area contributed by atoms with Gasteiger partial charge in [0.05, 0.1) is 24.2 Å². The third kappa shape index (κ3) is 7.01. The van der Waals surface area contributed by atoms with E-state index in [1.54, 1.807) is 24.3 Å². The third-order valence-corrected chi connectivity index (χ3v) is 4.92. The number of carbonyl (C=O) groups is 2. The van der Waals surface area contributed by atoms with E-state index in [9.17, 15) is 18.0 Å². The Hall–Kier alpha value is -2.91. The first-order chi connectivity index (χ1) is 13.3. The number of nitrogens with one attached hydrogen (secondary N) is 3. The first kappa shape index (κ1) is 21.4. The maximum absolute atomic E-state index is 12.3. The molecule has 8 nitrogen and oxygen atoms in total. The van der Waals surface area contributed by atoms with Crippen molar-refractivity contribution in [1.29, 1.82) is 0 Å². The summed E-state index contributed by atoms with van der Waals surface area (Å²) in [6.07, 6.45) is 4.28. The van der Waals surface area contributed by atoms with E-state index >= 15 is 0 Å². The molecule has 0 unspecified atom stereocenters. The fourth-order valence-corrected chi connectivity index (χ4v) is 3.19. The summed E-state index contributed by atoms with van der Waals surface area (Å²) < 4.78 is 32.1. The predicted octanol–water partition coefficient (Wildman–Crippen LogP) is 1.41. The number of hydrogen-bond donors (Lipinski definition) is 3. The van der Waals surface area contributed by atoms with E-state index in [1.165, 1.54) is 30.5 Å². The molecule has 0 aliphatic heterocycles. The molecule has 2 aromatic rings. The molecule has 0 spiro atoms. The van der Waals surface area contributed by atoms with E-state index in [0.29, 0.717) is 11.3 Å². The normalized spacial score (nSPS) is 11.7. The topological polar surface area (TPSA) is 118 Å². The second-order valence-corrected chi connectivity index (χ2v) is 8.01. The fourth-order valence-electron chi connectivity index (χ4n) is 2.19. The molecule has 1 aromatic heterocycles. The van der Waals surface area contributed by atoms with Crippen LogP contribution in [0.3, 0.4) is 0 Å². The zero-order chi connectivity index (χ0) is 20.6. The molecular formula is C19H23N3O5S. The van der Waals surface area contributed by atoms with E-state index in [4.69, 9.17) is 4.42 Å². The van der Waals surface area contributed by atoms with E-state index < -0.39 is 15.9 Å². The molecule has 0 radical (unpaired) electrons. The van der Waals surface area contributed by atoms with Gasteiger partial charge in [0.15, 0.2) is 0 Å². The number of furan rings is 1. The van der Waals surface area contributed by atoms with Crippen molar-refractivity contribution in [2.45, 2.75) is 31.3 Å². The van der Waals surface area contributed by atoms with Crippen LogP contribution in [0.5, 0.6) is 0 Å². The summed E-state index contributed by atoms with van der Waals surface area (Å²) in [6.45, 7) is 3.60. The predicted molar refractivity (Wildman–Crippen MR) is 104 cm³/mol. The lowest BCUT2D eigenvalue weighted by atomic mass is 10.2. The molecule has 2 rings (SSSR count). The van der Waals surface area contributed by atoms with Gasteiger partial charge < -0.3 is 15.1 Å². The molecule has 0 saturated carbocycles. The van der Waals surface area contributed by atoms with Crippen molar-refractivity contribution in [2.24, 2.45) is 0 Å². The van der Waals surface area contributed by atoms with Crippen LogP contribution in [-0.4, -0.2) is 32.8 Å². The quantitative estimate of drug-likeness (QED) is 0.545. The highest BCUT2D eigenvalue weighted by Crippen LogP contribution is 2.12. The number of benzene rings is 1. The smallest absolute Gasteiger partial charge is 0.244 e. The van der Waals surface area contributed by atoms with Gasteiger partial charge in [-0.3, -0.25) is 9.59 Å². The zero-order valence-corrected chi connectivity index (χ0v) is 16.5. The van der Waals surface area contributed by atoms with Gasteiger partial charge in [0, 0.05) is 12.1 Å². The molecule has 0 fully saturated rings. The Kier molecular flexibility index (Phi) is 7.53. The molecule has 3 N–H and O–H groups in total. The average molecular weight is 405 g/mol. The fraction of sp³-hybridized carbons (Fsp3) is 0.263. The van der Waals surface area contributed by atoms with Crippen molar-refractivity contribution in [1.82, 2.24) is 15.4 Å². The summed E-state index contributed by atoms with van der Waals surface area (Å²) in [7, 11) is -3.67. The van der Waals surface area contributed by atoms with Gasteiger partial charge in [0.2, 0.25) is 21.8 Å². The van der Waals surface area contributed by atoms with Crippen molar-refractivity contribution in [3.8, 4) is 0 Å². The summed E-state index contributed by atoms with van der Waals surface area (Å²) in [4.78, 5) is 23.3.